The second kappa shape index (κ2) is 5.83. The van der Waals surface area contributed by atoms with E-state index >= 15 is 0 Å². The predicted molar refractivity (Wildman–Crippen MR) is 73.2 cm³/mol. The van der Waals surface area contributed by atoms with E-state index in [4.69, 9.17) is 4.98 Å². The smallest absolute Gasteiger partial charge is 0.138 e. The van der Waals surface area contributed by atoms with Crippen molar-refractivity contribution in [1.29, 1.82) is 0 Å². The molecule has 1 aliphatic carbocycles. The number of aromatic nitrogens is 2. The summed E-state index contributed by atoms with van der Waals surface area (Å²) in [7, 11) is 2.02. The Bertz CT molecular complexity index is 379. The van der Waals surface area contributed by atoms with E-state index in [2.05, 4.69) is 24.1 Å². The zero-order chi connectivity index (χ0) is 12.3. The molecule has 0 radical (unpaired) electrons. The van der Waals surface area contributed by atoms with Gasteiger partial charge in [0.2, 0.25) is 0 Å². The predicted octanol–water partition coefficient (Wildman–Crippen LogP) is 2.72. The quantitative estimate of drug-likeness (QED) is 0.893. The summed E-state index contributed by atoms with van der Waals surface area (Å²) in [5.74, 6) is 1.91. The van der Waals surface area contributed by atoms with Crippen LogP contribution >= 0.6 is 11.8 Å². The Morgan fingerprint density at radius 3 is 3.06 bits per heavy atom. The lowest BCUT2D eigenvalue weighted by atomic mass is 9.92. The highest BCUT2D eigenvalue weighted by molar-refractivity contribution is 7.99. The van der Waals surface area contributed by atoms with Gasteiger partial charge in [-0.1, -0.05) is 13.8 Å². The van der Waals surface area contributed by atoms with Gasteiger partial charge in [-0.2, -0.15) is 11.8 Å². The Morgan fingerprint density at radius 1 is 1.53 bits per heavy atom. The Balaban J connectivity index is 2.13. The van der Waals surface area contributed by atoms with Gasteiger partial charge in [0, 0.05) is 23.5 Å². The van der Waals surface area contributed by atoms with Crippen LogP contribution in [0.4, 0.5) is 0 Å². The average molecular weight is 251 g/mol. The molecule has 17 heavy (non-hydrogen) atoms. The molecule has 0 saturated heterocycles. The number of hydrogen-bond donors (Lipinski definition) is 1. The van der Waals surface area contributed by atoms with Crippen LogP contribution in [0.25, 0.3) is 0 Å². The molecule has 1 N–H and O–H groups in total. The fraction of sp³-hybridized carbons (Fsp3) is 0.692. The van der Waals surface area contributed by atoms with Gasteiger partial charge in [-0.3, -0.25) is 0 Å². The second-order valence-electron chi connectivity index (χ2n) is 4.78. The molecule has 1 atom stereocenters. The molecule has 4 heteroatoms. The molecule has 94 valence electrons. The van der Waals surface area contributed by atoms with Crippen LogP contribution in [-0.2, 0) is 12.2 Å². The standard InChI is InChI=1S/C13H21N3S/c1-9(2)17-8-13-15-7-10-11(14-3)5-4-6-12(10)16-13/h7,9,11,14H,4-6,8H2,1-3H3. The van der Waals surface area contributed by atoms with E-state index < -0.39 is 0 Å². The average Bonchev–Trinajstić information content (AvgIpc) is 2.35. The van der Waals surface area contributed by atoms with Crippen molar-refractivity contribution in [2.45, 2.75) is 50.2 Å². The Kier molecular flexibility index (Phi) is 4.40. The summed E-state index contributed by atoms with van der Waals surface area (Å²) in [4.78, 5) is 9.20. The maximum Gasteiger partial charge on any atom is 0.138 e. The largest absolute Gasteiger partial charge is 0.313 e. The number of hydrogen-bond acceptors (Lipinski definition) is 4. The van der Waals surface area contributed by atoms with E-state index in [-0.39, 0.29) is 0 Å². The molecule has 0 spiro atoms. The van der Waals surface area contributed by atoms with Crippen LogP contribution in [0.2, 0.25) is 0 Å². The highest BCUT2D eigenvalue weighted by atomic mass is 32.2. The lowest BCUT2D eigenvalue weighted by Gasteiger charge is -2.24. The van der Waals surface area contributed by atoms with Crippen LogP contribution < -0.4 is 5.32 Å². The molecular formula is C13H21N3S. The minimum Gasteiger partial charge on any atom is -0.313 e. The second-order valence-corrected chi connectivity index (χ2v) is 6.35. The third-order valence-corrected chi connectivity index (χ3v) is 4.22. The van der Waals surface area contributed by atoms with Crippen molar-refractivity contribution in [1.82, 2.24) is 15.3 Å². The summed E-state index contributed by atoms with van der Waals surface area (Å²) in [5.41, 5.74) is 2.56. The van der Waals surface area contributed by atoms with Gasteiger partial charge in [0.15, 0.2) is 0 Å². The van der Waals surface area contributed by atoms with Gasteiger partial charge in [0.05, 0.1) is 5.75 Å². The number of fused-ring (bicyclic) bond motifs is 1. The lowest BCUT2D eigenvalue weighted by molar-refractivity contribution is 0.486. The van der Waals surface area contributed by atoms with E-state index in [9.17, 15) is 0 Å². The monoisotopic (exact) mass is 251 g/mol. The van der Waals surface area contributed by atoms with Crippen LogP contribution in [0.1, 0.15) is 49.8 Å². The number of nitrogens with zero attached hydrogens (tertiary/aromatic N) is 2. The molecule has 1 aromatic rings. The minimum absolute atomic E-state index is 0.450. The first-order valence-electron chi connectivity index (χ1n) is 6.34. The minimum atomic E-state index is 0.450. The third-order valence-electron chi connectivity index (χ3n) is 3.13. The molecule has 0 aliphatic heterocycles. The molecule has 0 amide bonds. The normalized spacial score (nSPS) is 19.4. The number of aryl methyl sites for hydroxylation is 1. The van der Waals surface area contributed by atoms with E-state index in [1.807, 2.05) is 25.0 Å². The van der Waals surface area contributed by atoms with Crippen LogP contribution in [-0.4, -0.2) is 22.3 Å². The van der Waals surface area contributed by atoms with E-state index in [0.29, 0.717) is 11.3 Å². The molecule has 0 fully saturated rings. The molecule has 0 aromatic carbocycles. The van der Waals surface area contributed by atoms with Crippen molar-refractivity contribution >= 4 is 11.8 Å². The van der Waals surface area contributed by atoms with Crippen molar-refractivity contribution in [3.05, 3.63) is 23.3 Å². The lowest BCUT2D eigenvalue weighted by Crippen LogP contribution is -2.23. The first-order valence-corrected chi connectivity index (χ1v) is 7.39. The Labute approximate surface area is 108 Å². The first kappa shape index (κ1) is 12.8. The number of nitrogens with one attached hydrogen (secondary N) is 1. The van der Waals surface area contributed by atoms with Crippen molar-refractivity contribution < 1.29 is 0 Å². The number of thioether (sulfide) groups is 1. The van der Waals surface area contributed by atoms with Crippen LogP contribution in [0, 0.1) is 0 Å². The van der Waals surface area contributed by atoms with Crippen LogP contribution in [0.15, 0.2) is 6.20 Å². The fourth-order valence-corrected chi connectivity index (χ4v) is 2.82. The van der Waals surface area contributed by atoms with E-state index in [0.717, 1.165) is 18.0 Å². The molecule has 0 bridgehead atoms. The highest BCUT2D eigenvalue weighted by Crippen LogP contribution is 2.28. The summed E-state index contributed by atoms with van der Waals surface area (Å²) >= 11 is 1.90. The van der Waals surface area contributed by atoms with E-state index in [1.165, 1.54) is 24.1 Å². The van der Waals surface area contributed by atoms with Crippen LogP contribution in [0.5, 0.6) is 0 Å². The van der Waals surface area contributed by atoms with Gasteiger partial charge >= 0.3 is 0 Å². The van der Waals surface area contributed by atoms with Gasteiger partial charge in [0.1, 0.15) is 5.82 Å². The highest BCUT2D eigenvalue weighted by Gasteiger charge is 2.20. The summed E-state index contributed by atoms with van der Waals surface area (Å²) in [6.45, 7) is 4.42. The van der Waals surface area contributed by atoms with Gasteiger partial charge in [0.25, 0.3) is 0 Å². The van der Waals surface area contributed by atoms with Crippen molar-refractivity contribution in [2.24, 2.45) is 0 Å². The number of rotatable bonds is 4. The molecular weight excluding hydrogens is 230 g/mol. The molecule has 2 rings (SSSR count). The fourth-order valence-electron chi connectivity index (χ4n) is 2.20. The van der Waals surface area contributed by atoms with Gasteiger partial charge in [-0.15, -0.1) is 0 Å². The maximum absolute atomic E-state index is 4.71. The molecule has 1 aromatic heterocycles. The van der Waals surface area contributed by atoms with Crippen molar-refractivity contribution in [2.75, 3.05) is 7.05 Å². The molecule has 0 saturated carbocycles. The molecule has 1 unspecified atom stereocenters. The molecule has 1 aliphatic rings. The van der Waals surface area contributed by atoms with Gasteiger partial charge in [-0.05, 0) is 31.6 Å². The summed E-state index contributed by atoms with van der Waals surface area (Å²) in [6.07, 6.45) is 5.56. The van der Waals surface area contributed by atoms with Crippen molar-refractivity contribution in [3.8, 4) is 0 Å². The van der Waals surface area contributed by atoms with E-state index in [1.54, 1.807) is 0 Å². The zero-order valence-electron chi connectivity index (χ0n) is 10.9. The van der Waals surface area contributed by atoms with Crippen molar-refractivity contribution in [3.63, 3.8) is 0 Å². The topological polar surface area (TPSA) is 37.8 Å². The SMILES string of the molecule is CNC1CCCc2nc(CSC(C)C)ncc21. The van der Waals surface area contributed by atoms with Gasteiger partial charge < -0.3 is 5.32 Å². The first-order chi connectivity index (χ1) is 8.20. The molecule has 1 heterocycles. The summed E-state index contributed by atoms with van der Waals surface area (Å²) in [6, 6.07) is 0.450. The molecule has 3 nitrogen and oxygen atoms in total. The Morgan fingerprint density at radius 2 is 2.35 bits per heavy atom. The maximum atomic E-state index is 4.71. The Hall–Kier alpha value is -0.610. The summed E-state index contributed by atoms with van der Waals surface area (Å²) in [5, 5.41) is 3.98. The van der Waals surface area contributed by atoms with Gasteiger partial charge in [-0.25, -0.2) is 9.97 Å². The van der Waals surface area contributed by atoms with Crippen LogP contribution in [0.3, 0.4) is 0 Å². The third kappa shape index (κ3) is 3.19. The zero-order valence-corrected chi connectivity index (χ0v) is 11.7. The summed E-state index contributed by atoms with van der Waals surface area (Å²) < 4.78 is 0.